The Kier molecular flexibility index (Phi) is 3.20. The largest absolute Gasteiger partial charge is 0.319 e. The molecule has 2 aromatic rings. The zero-order valence-corrected chi connectivity index (χ0v) is 10.3. The van der Waals surface area contributed by atoms with Gasteiger partial charge < -0.3 is 10.6 Å². The van der Waals surface area contributed by atoms with Gasteiger partial charge in [0.1, 0.15) is 5.69 Å². The molecular weight excluding hydrogens is 244 g/mol. The fraction of sp³-hybridized carbons (Fsp3) is 0.333. The molecule has 1 saturated heterocycles. The predicted molar refractivity (Wildman–Crippen MR) is 68.7 cm³/mol. The van der Waals surface area contributed by atoms with Crippen LogP contribution >= 0.6 is 0 Å². The summed E-state index contributed by atoms with van der Waals surface area (Å²) in [6.45, 7) is 1.80. The van der Waals surface area contributed by atoms with E-state index < -0.39 is 0 Å². The number of nitrogens with one attached hydrogen (secondary N) is 2. The van der Waals surface area contributed by atoms with E-state index in [9.17, 15) is 4.79 Å². The average Bonchev–Trinajstić information content (AvgIpc) is 3.10. The molecule has 0 bridgehead atoms. The van der Waals surface area contributed by atoms with Gasteiger partial charge in [0.15, 0.2) is 0 Å². The van der Waals surface area contributed by atoms with E-state index in [1.807, 2.05) is 0 Å². The number of aromatic nitrogens is 4. The first kappa shape index (κ1) is 11.8. The molecule has 7 heteroatoms. The van der Waals surface area contributed by atoms with E-state index >= 15 is 0 Å². The van der Waals surface area contributed by atoms with Crippen molar-refractivity contribution in [2.45, 2.75) is 12.5 Å². The zero-order chi connectivity index (χ0) is 13.1. The molecule has 1 amide bonds. The number of amides is 1. The van der Waals surface area contributed by atoms with Crippen LogP contribution in [0.2, 0.25) is 0 Å². The maximum absolute atomic E-state index is 12.2. The Balaban J connectivity index is 1.78. The van der Waals surface area contributed by atoms with E-state index in [0.717, 1.165) is 19.5 Å². The Morgan fingerprint density at radius 1 is 1.37 bits per heavy atom. The maximum atomic E-state index is 12.2. The van der Waals surface area contributed by atoms with Gasteiger partial charge in [-0.2, -0.15) is 15.3 Å². The number of rotatable bonds is 3. The number of anilines is 1. The van der Waals surface area contributed by atoms with E-state index in [0.29, 0.717) is 11.4 Å². The van der Waals surface area contributed by atoms with Crippen LogP contribution in [0, 0.1) is 0 Å². The SMILES string of the molecule is O=C(Nc1ccnnc1)c1ccnn1[C@@H]1CCNC1. The first-order valence-corrected chi connectivity index (χ1v) is 6.17. The third-order valence-electron chi connectivity index (χ3n) is 3.13. The quantitative estimate of drug-likeness (QED) is 0.835. The molecule has 0 saturated carbocycles. The molecule has 7 nitrogen and oxygen atoms in total. The first-order chi connectivity index (χ1) is 9.34. The second-order valence-electron chi connectivity index (χ2n) is 4.39. The molecule has 0 aliphatic carbocycles. The summed E-state index contributed by atoms with van der Waals surface area (Å²) < 4.78 is 1.78. The standard InChI is InChI=1S/C12H14N6O/c19-12(17-9-1-5-14-15-7-9)11-3-6-16-18(11)10-2-4-13-8-10/h1,3,5-7,10,13H,2,4,8H2,(H,14,17,19)/t10-/m1/s1. The van der Waals surface area contributed by atoms with Gasteiger partial charge in [-0.1, -0.05) is 0 Å². The number of carbonyl (C=O) groups is 1. The highest BCUT2D eigenvalue weighted by Crippen LogP contribution is 2.17. The lowest BCUT2D eigenvalue weighted by atomic mass is 10.2. The topological polar surface area (TPSA) is 84.7 Å². The van der Waals surface area contributed by atoms with E-state index in [1.165, 1.54) is 12.4 Å². The van der Waals surface area contributed by atoms with E-state index in [4.69, 9.17) is 0 Å². The van der Waals surface area contributed by atoms with Crippen molar-refractivity contribution in [2.75, 3.05) is 18.4 Å². The third-order valence-corrected chi connectivity index (χ3v) is 3.13. The van der Waals surface area contributed by atoms with Crippen LogP contribution in [0.15, 0.2) is 30.7 Å². The Hall–Kier alpha value is -2.28. The van der Waals surface area contributed by atoms with Crippen LogP contribution in [0.5, 0.6) is 0 Å². The molecular formula is C12H14N6O. The van der Waals surface area contributed by atoms with E-state index in [-0.39, 0.29) is 11.9 Å². The third kappa shape index (κ3) is 2.45. The van der Waals surface area contributed by atoms with Crippen LogP contribution in [0.25, 0.3) is 0 Å². The van der Waals surface area contributed by atoms with Crippen molar-refractivity contribution in [3.05, 3.63) is 36.4 Å². The number of nitrogens with zero attached hydrogens (tertiary/aromatic N) is 4. The first-order valence-electron chi connectivity index (χ1n) is 6.17. The monoisotopic (exact) mass is 258 g/mol. The summed E-state index contributed by atoms with van der Waals surface area (Å²) in [6, 6.07) is 3.66. The van der Waals surface area contributed by atoms with Crippen molar-refractivity contribution in [1.29, 1.82) is 0 Å². The van der Waals surface area contributed by atoms with Crippen LogP contribution in [-0.4, -0.2) is 39.0 Å². The van der Waals surface area contributed by atoms with Gasteiger partial charge >= 0.3 is 0 Å². The van der Waals surface area contributed by atoms with Gasteiger partial charge in [-0.3, -0.25) is 9.48 Å². The minimum absolute atomic E-state index is 0.183. The maximum Gasteiger partial charge on any atom is 0.273 e. The molecule has 0 spiro atoms. The van der Waals surface area contributed by atoms with Crippen LogP contribution in [-0.2, 0) is 0 Å². The summed E-state index contributed by atoms with van der Waals surface area (Å²) in [5.74, 6) is -0.183. The number of hydrogen-bond acceptors (Lipinski definition) is 5. The van der Waals surface area contributed by atoms with Crippen molar-refractivity contribution in [3.63, 3.8) is 0 Å². The summed E-state index contributed by atoms with van der Waals surface area (Å²) in [5.41, 5.74) is 1.18. The number of carbonyl (C=O) groups excluding carboxylic acids is 1. The molecule has 2 N–H and O–H groups in total. The summed E-state index contributed by atoms with van der Waals surface area (Å²) >= 11 is 0. The van der Waals surface area contributed by atoms with Gasteiger partial charge in [0.2, 0.25) is 0 Å². The molecule has 0 radical (unpaired) electrons. The summed E-state index contributed by atoms with van der Waals surface area (Å²) in [4.78, 5) is 12.2. The van der Waals surface area contributed by atoms with Gasteiger partial charge in [0.25, 0.3) is 5.91 Å². The van der Waals surface area contributed by atoms with Gasteiger partial charge in [0.05, 0.1) is 24.1 Å². The van der Waals surface area contributed by atoms with Crippen LogP contribution < -0.4 is 10.6 Å². The fourth-order valence-corrected chi connectivity index (χ4v) is 2.19. The lowest BCUT2D eigenvalue weighted by Gasteiger charge is -2.13. The van der Waals surface area contributed by atoms with Crippen molar-refractivity contribution in [3.8, 4) is 0 Å². The molecule has 0 unspecified atom stereocenters. The van der Waals surface area contributed by atoms with Gasteiger partial charge in [-0.15, -0.1) is 0 Å². The Bertz CT molecular complexity index is 561. The van der Waals surface area contributed by atoms with Crippen LogP contribution in [0.1, 0.15) is 23.0 Å². The smallest absolute Gasteiger partial charge is 0.273 e. The van der Waals surface area contributed by atoms with Crippen molar-refractivity contribution < 1.29 is 4.79 Å². The molecule has 19 heavy (non-hydrogen) atoms. The molecule has 3 rings (SSSR count). The molecule has 1 aliphatic rings. The average molecular weight is 258 g/mol. The van der Waals surface area contributed by atoms with Gasteiger partial charge in [-0.25, -0.2) is 0 Å². The molecule has 1 fully saturated rings. The molecule has 1 atom stereocenters. The van der Waals surface area contributed by atoms with Crippen LogP contribution in [0.3, 0.4) is 0 Å². The predicted octanol–water partition coefficient (Wildman–Crippen LogP) is 0.460. The molecule has 2 aromatic heterocycles. The second kappa shape index (κ2) is 5.15. The summed E-state index contributed by atoms with van der Waals surface area (Å²) in [5, 5.41) is 17.7. The van der Waals surface area contributed by atoms with Crippen molar-refractivity contribution >= 4 is 11.6 Å². The normalized spacial score (nSPS) is 18.4. The Labute approximate surface area is 110 Å². The van der Waals surface area contributed by atoms with Gasteiger partial charge in [-0.05, 0) is 25.1 Å². The molecule has 3 heterocycles. The Morgan fingerprint density at radius 3 is 3.05 bits per heavy atom. The minimum Gasteiger partial charge on any atom is -0.319 e. The lowest BCUT2D eigenvalue weighted by Crippen LogP contribution is -2.22. The highest BCUT2D eigenvalue weighted by atomic mass is 16.2. The van der Waals surface area contributed by atoms with Gasteiger partial charge in [0, 0.05) is 12.7 Å². The highest BCUT2D eigenvalue weighted by Gasteiger charge is 2.22. The van der Waals surface area contributed by atoms with Crippen molar-refractivity contribution in [2.24, 2.45) is 0 Å². The highest BCUT2D eigenvalue weighted by molar-refractivity contribution is 6.02. The second-order valence-corrected chi connectivity index (χ2v) is 4.39. The molecule has 98 valence electrons. The van der Waals surface area contributed by atoms with E-state index in [2.05, 4.69) is 25.9 Å². The zero-order valence-electron chi connectivity index (χ0n) is 10.3. The van der Waals surface area contributed by atoms with E-state index in [1.54, 1.807) is 23.0 Å². The Morgan fingerprint density at radius 2 is 2.32 bits per heavy atom. The summed E-state index contributed by atoms with van der Waals surface area (Å²) in [6.07, 6.45) is 5.68. The fourth-order valence-electron chi connectivity index (χ4n) is 2.19. The number of hydrogen-bond donors (Lipinski definition) is 2. The van der Waals surface area contributed by atoms with Crippen LogP contribution in [0.4, 0.5) is 5.69 Å². The molecule has 1 aliphatic heterocycles. The van der Waals surface area contributed by atoms with Crippen molar-refractivity contribution in [1.82, 2.24) is 25.3 Å². The summed E-state index contributed by atoms with van der Waals surface area (Å²) in [7, 11) is 0. The minimum atomic E-state index is -0.183. The molecule has 0 aromatic carbocycles. The lowest BCUT2D eigenvalue weighted by molar-refractivity contribution is 0.101.